The summed E-state index contributed by atoms with van der Waals surface area (Å²) in [6, 6.07) is -4.10. The number of aromatic nitrogens is 2. The van der Waals surface area contributed by atoms with Crippen LogP contribution in [0.2, 0.25) is 0 Å². The van der Waals surface area contributed by atoms with E-state index in [0.717, 1.165) is 5.69 Å². The van der Waals surface area contributed by atoms with Gasteiger partial charge in [-0.05, 0) is 32.7 Å². The molecule has 5 atom stereocenters. The van der Waals surface area contributed by atoms with E-state index in [0.29, 0.717) is 12.8 Å². The molecule has 0 saturated carbocycles. The van der Waals surface area contributed by atoms with Crippen LogP contribution in [0.3, 0.4) is 0 Å². The Morgan fingerprint density at radius 2 is 1.37 bits per heavy atom. The van der Waals surface area contributed by atoms with Crippen LogP contribution >= 0.6 is 0 Å². The fourth-order valence-electron chi connectivity index (χ4n) is 3.77. The maximum Gasteiger partial charge on any atom is 0.243 e. The smallest absolute Gasteiger partial charge is 0.243 e. The molecule has 6 N–H and O–H groups in total. The number of hydrogen-bond acceptors (Lipinski definition) is 7. The highest BCUT2D eigenvalue weighted by molar-refractivity contribution is 5.95. The van der Waals surface area contributed by atoms with Gasteiger partial charge in [0.2, 0.25) is 29.5 Å². The molecule has 0 fully saturated rings. The average molecular weight is 537 g/mol. The predicted molar refractivity (Wildman–Crippen MR) is 143 cm³/mol. The van der Waals surface area contributed by atoms with E-state index >= 15 is 0 Å². The Balaban J connectivity index is 2.96. The van der Waals surface area contributed by atoms with Crippen molar-refractivity contribution >= 4 is 29.5 Å². The largest absolute Gasteiger partial charge is 0.357 e. The number of carbonyl (C=O) groups excluding carboxylic acids is 5. The average Bonchev–Trinajstić information content (AvgIpc) is 3.28. The molecule has 0 aliphatic carbocycles. The lowest BCUT2D eigenvalue weighted by Gasteiger charge is -2.27. The first-order valence-corrected chi connectivity index (χ1v) is 12.9. The lowest BCUT2D eigenvalue weighted by Crippen LogP contribution is -2.59. The topological polar surface area (TPSA) is 175 Å². The van der Waals surface area contributed by atoms with Crippen molar-refractivity contribution in [2.45, 2.75) is 84.1 Å². The number of imidazole rings is 1. The van der Waals surface area contributed by atoms with E-state index < -0.39 is 47.9 Å². The van der Waals surface area contributed by atoms with E-state index in [1.54, 1.807) is 52.0 Å². The van der Waals surface area contributed by atoms with Gasteiger partial charge in [-0.3, -0.25) is 24.0 Å². The molecule has 1 heterocycles. The van der Waals surface area contributed by atoms with Gasteiger partial charge in [-0.2, -0.15) is 0 Å². The fourth-order valence-corrected chi connectivity index (χ4v) is 3.77. The van der Waals surface area contributed by atoms with Crippen LogP contribution in [0.15, 0.2) is 12.5 Å². The zero-order valence-electron chi connectivity index (χ0n) is 23.7. The van der Waals surface area contributed by atoms with Gasteiger partial charge in [-0.25, -0.2) is 4.98 Å². The summed E-state index contributed by atoms with van der Waals surface area (Å²) in [5.74, 6) is -2.58. The zero-order valence-corrected chi connectivity index (χ0v) is 23.7. The maximum atomic E-state index is 13.2. The monoisotopic (exact) mass is 536 g/mol. The van der Waals surface area contributed by atoms with Crippen molar-refractivity contribution in [3.05, 3.63) is 18.2 Å². The first-order chi connectivity index (χ1) is 17.9. The first-order valence-electron chi connectivity index (χ1n) is 12.9. The normalized spacial score (nSPS) is 15.0. The number of aryl methyl sites for hydroxylation is 1. The van der Waals surface area contributed by atoms with Crippen LogP contribution in [-0.4, -0.2) is 83.4 Å². The Labute approximate surface area is 224 Å². The van der Waals surface area contributed by atoms with Crippen LogP contribution in [0.5, 0.6) is 0 Å². The lowest BCUT2D eigenvalue weighted by molar-refractivity contribution is -0.135. The highest BCUT2D eigenvalue weighted by Gasteiger charge is 2.31. The van der Waals surface area contributed by atoms with Gasteiger partial charge in [0.1, 0.15) is 24.2 Å². The Bertz CT molecular complexity index is 959. The number of likely N-dealkylation sites (N-methyl/N-ethyl adjacent to an activating group) is 2. The van der Waals surface area contributed by atoms with Gasteiger partial charge in [0.25, 0.3) is 0 Å². The van der Waals surface area contributed by atoms with Crippen molar-refractivity contribution in [2.75, 3.05) is 14.1 Å². The van der Waals surface area contributed by atoms with Crippen molar-refractivity contribution < 1.29 is 24.0 Å². The zero-order chi connectivity index (χ0) is 29.0. The molecule has 0 aliphatic rings. The SMILES string of the molecule is CC[C@H](NC)C(=O)N[C@@H](Cc1cncn1C)C(=O)N[C@@H](C)C(=O)N[C@H](C(=O)N[C@@H](CC)C(=O)NC)C(C)C. The molecule has 214 valence electrons. The number of rotatable bonds is 15. The molecule has 0 aliphatic heterocycles. The molecular formula is C25H44N8O5. The summed E-state index contributed by atoms with van der Waals surface area (Å²) in [5.41, 5.74) is 0.721. The van der Waals surface area contributed by atoms with Gasteiger partial charge in [0.15, 0.2) is 0 Å². The summed E-state index contributed by atoms with van der Waals surface area (Å²) in [6.45, 7) is 8.63. The van der Waals surface area contributed by atoms with Crippen LogP contribution in [0.4, 0.5) is 0 Å². The summed E-state index contributed by atoms with van der Waals surface area (Å²) >= 11 is 0. The second-order valence-corrected chi connectivity index (χ2v) is 9.55. The summed E-state index contributed by atoms with van der Waals surface area (Å²) in [4.78, 5) is 67.8. The molecule has 0 unspecified atom stereocenters. The molecule has 5 amide bonds. The Morgan fingerprint density at radius 1 is 0.789 bits per heavy atom. The van der Waals surface area contributed by atoms with Gasteiger partial charge in [-0.15, -0.1) is 0 Å². The van der Waals surface area contributed by atoms with Crippen molar-refractivity contribution in [1.82, 2.24) is 41.5 Å². The highest BCUT2D eigenvalue weighted by Crippen LogP contribution is 2.06. The molecule has 1 aromatic heterocycles. The second-order valence-electron chi connectivity index (χ2n) is 9.55. The predicted octanol–water partition coefficient (Wildman–Crippen LogP) is -1.27. The summed E-state index contributed by atoms with van der Waals surface area (Å²) < 4.78 is 1.74. The third-order valence-electron chi connectivity index (χ3n) is 6.32. The summed E-state index contributed by atoms with van der Waals surface area (Å²) in [5, 5.41) is 16.1. The van der Waals surface area contributed by atoms with Crippen LogP contribution in [0, 0.1) is 5.92 Å². The minimum atomic E-state index is -1.00. The van der Waals surface area contributed by atoms with Crippen LogP contribution in [-0.2, 0) is 37.4 Å². The second kappa shape index (κ2) is 15.7. The van der Waals surface area contributed by atoms with Crippen molar-refractivity contribution in [3.8, 4) is 0 Å². The number of hydrogen-bond donors (Lipinski definition) is 6. The molecule has 0 bridgehead atoms. The van der Waals surface area contributed by atoms with Gasteiger partial charge in [0, 0.05) is 32.4 Å². The van der Waals surface area contributed by atoms with E-state index in [4.69, 9.17) is 0 Å². The number of amides is 5. The van der Waals surface area contributed by atoms with Gasteiger partial charge in [0.05, 0.1) is 12.4 Å². The fraction of sp³-hybridized carbons (Fsp3) is 0.680. The quantitative estimate of drug-likeness (QED) is 0.162. The lowest BCUT2D eigenvalue weighted by atomic mass is 10.0. The van der Waals surface area contributed by atoms with E-state index in [-0.39, 0.29) is 24.2 Å². The van der Waals surface area contributed by atoms with Crippen LogP contribution < -0.4 is 31.9 Å². The van der Waals surface area contributed by atoms with Gasteiger partial charge in [-0.1, -0.05) is 27.7 Å². The highest BCUT2D eigenvalue weighted by atomic mass is 16.2. The van der Waals surface area contributed by atoms with Gasteiger partial charge >= 0.3 is 0 Å². The molecule has 13 heteroatoms. The van der Waals surface area contributed by atoms with Crippen molar-refractivity contribution in [3.63, 3.8) is 0 Å². The summed E-state index contributed by atoms with van der Waals surface area (Å²) in [6.07, 6.45) is 4.27. The van der Waals surface area contributed by atoms with E-state index in [1.165, 1.54) is 14.0 Å². The molecule has 1 aromatic rings. The maximum absolute atomic E-state index is 13.2. The third-order valence-corrected chi connectivity index (χ3v) is 6.32. The minimum Gasteiger partial charge on any atom is -0.357 e. The van der Waals surface area contributed by atoms with Gasteiger partial charge < -0.3 is 36.5 Å². The Kier molecular flexibility index (Phi) is 13.4. The number of carbonyl (C=O) groups is 5. The number of nitrogens with zero attached hydrogens (tertiary/aromatic N) is 2. The molecule has 1 rings (SSSR count). The molecule has 0 radical (unpaired) electrons. The molecule has 38 heavy (non-hydrogen) atoms. The van der Waals surface area contributed by atoms with E-state index in [9.17, 15) is 24.0 Å². The molecule has 0 spiro atoms. The summed E-state index contributed by atoms with van der Waals surface area (Å²) in [7, 11) is 4.92. The number of nitrogens with one attached hydrogen (secondary N) is 6. The third kappa shape index (κ3) is 9.43. The molecule has 0 saturated heterocycles. The molecule has 13 nitrogen and oxygen atoms in total. The van der Waals surface area contributed by atoms with Crippen LogP contribution in [0.25, 0.3) is 0 Å². The van der Waals surface area contributed by atoms with E-state index in [2.05, 4.69) is 36.9 Å². The first kappa shape index (κ1) is 32.5. The minimum absolute atomic E-state index is 0.164. The van der Waals surface area contributed by atoms with Crippen molar-refractivity contribution in [2.24, 2.45) is 13.0 Å². The van der Waals surface area contributed by atoms with Crippen molar-refractivity contribution in [1.29, 1.82) is 0 Å². The van der Waals surface area contributed by atoms with E-state index in [1.807, 2.05) is 6.92 Å². The Hall–Kier alpha value is -3.48. The Morgan fingerprint density at radius 3 is 1.84 bits per heavy atom. The molecule has 0 aromatic carbocycles. The standard InChI is InChI=1S/C25H44N8O5/c1-9-17(26-6)23(36)31-19(11-16-12-28-13-33(16)8)24(37)29-15(5)21(34)32-20(14(3)4)25(38)30-18(10-2)22(35)27-7/h12-15,17-20,26H,9-11H2,1-8H3,(H,27,35)(H,29,37)(H,30,38)(H,31,36)(H,32,34)/t15-,17-,18-,19-,20-/m0/s1. The molecular weight excluding hydrogens is 492 g/mol. The van der Waals surface area contributed by atoms with Crippen LogP contribution in [0.1, 0.15) is 53.2 Å².